The first-order valence-electron chi connectivity index (χ1n) is 8.58. The van der Waals surface area contributed by atoms with E-state index in [1.54, 1.807) is 16.0 Å². The van der Waals surface area contributed by atoms with E-state index in [1.807, 2.05) is 30.3 Å². The summed E-state index contributed by atoms with van der Waals surface area (Å²) in [6, 6.07) is 9.60. The van der Waals surface area contributed by atoms with Crippen LogP contribution in [0.3, 0.4) is 0 Å². The molecular formula is C19H20ClN3O3S. The molecule has 2 aromatic heterocycles. The van der Waals surface area contributed by atoms with Gasteiger partial charge in [-0.05, 0) is 17.9 Å². The second-order valence-electron chi connectivity index (χ2n) is 6.54. The molecule has 0 aliphatic carbocycles. The number of esters is 1. The topological polar surface area (TPSA) is 72.7 Å². The van der Waals surface area contributed by atoms with Gasteiger partial charge in [0.1, 0.15) is 0 Å². The van der Waals surface area contributed by atoms with Gasteiger partial charge >= 0.3 is 5.97 Å². The van der Waals surface area contributed by atoms with Gasteiger partial charge in [-0.1, -0.05) is 55.8 Å². The molecular weight excluding hydrogens is 386 g/mol. The van der Waals surface area contributed by atoms with E-state index in [1.165, 1.54) is 11.3 Å². The van der Waals surface area contributed by atoms with Gasteiger partial charge in [0.15, 0.2) is 22.4 Å². The zero-order valence-electron chi connectivity index (χ0n) is 15.0. The van der Waals surface area contributed by atoms with E-state index >= 15 is 0 Å². The zero-order chi connectivity index (χ0) is 19.4. The Morgan fingerprint density at radius 1 is 1.30 bits per heavy atom. The van der Waals surface area contributed by atoms with Gasteiger partial charge in [-0.3, -0.25) is 9.20 Å². The fourth-order valence-corrected chi connectivity index (χ4v) is 3.82. The van der Waals surface area contributed by atoms with E-state index in [2.05, 4.69) is 24.1 Å². The molecule has 0 fully saturated rings. The summed E-state index contributed by atoms with van der Waals surface area (Å²) < 4.78 is 6.71. The maximum atomic E-state index is 12.3. The lowest BCUT2D eigenvalue weighted by Crippen LogP contribution is -2.33. The highest BCUT2D eigenvalue weighted by molar-refractivity contribution is 7.15. The summed E-state index contributed by atoms with van der Waals surface area (Å²) in [6.07, 6.45) is 2.47. The van der Waals surface area contributed by atoms with E-state index in [0.29, 0.717) is 10.9 Å². The van der Waals surface area contributed by atoms with E-state index in [9.17, 15) is 9.59 Å². The second kappa shape index (κ2) is 8.54. The number of nitrogens with one attached hydrogen (secondary N) is 1. The van der Waals surface area contributed by atoms with Crippen LogP contribution in [0.4, 0.5) is 0 Å². The predicted molar refractivity (Wildman–Crippen MR) is 105 cm³/mol. The maximum Gasteiger partial charge on any atom is 0.359 e. The van der Waals surface area contributed by atoms with Gasteiger partial charge in [-0.15, -0.1) is 11.3 Å². The first-order valence-corrected chi connectivity index (χ1v) is 9.84. The van der Waals surface area contributed by atoms with Crippen LogP contribution in [0.2, 0.25) is 5.15 Å². The third-order valence-electron chi connectivity index (χ3n) is 3.99. The fourth-order valence-electron chi connectivity index (χ4n) is 2.81. The Balaban J connectivity index is 1.63. The van der Waals surface area contributed by atoms with E-state index in [4.69, 9.17) is 16.3 Å². The minimum Gasteiger partial charge on any atom is -0.451 e. The van der Waals surface area contributed by atoms with Crippen molar-refractivity contribution in [2.24, 2.45) is 5.92 Å². The predicted octanol–water partition coefficient (Wildman–Crippen LogP) is 4.11. The monoisotopic (exact) mass is 405 g/mol. The number of hydrogen-bond donors (Lipinski definition) is 1. The normalized spacial score (nSPS) is 12.3. The molecule has 0 bridgehead atoms. The molecule has 0 radical (unpaired) electrons. The average molecular weight is 406 g/mol. The highest BCUT2D eigenvalue weighted by Gasteiger charge is 2.22. The molecule has 0 saturated carbocycles. The smallest absolute Gasteiger partial charge is 0.359 e. The number of amides is 1. The first kappa shape index (κ1) is 19.4. The van der Waals surface area contributed by atoms with Gasteiger partial charge in [0.25, 0.3) is 5.91 Å². The summed E-state index contributed by atoms with van der Waals surface area (Å²) in [5.74, 6) is -0.642. The molecule has 1 amide bonds. The molecule has 142 valence electrons. The lowest BCUT2D eigenvalue weighted by Gasteiger charge is -2.21. The van der Waals surface area contributed by atoms with Crippen LogP contribution in [-0.4, -0.2) is 27.9 Å². The van der Waals surface area contributed by atoms with Gasteiger partial charge in [-0.2, -0.15) is 0 Å². The Hall–Kier alpha value is -2.38. The molecule has 0 unspecified atom stereocenters. The van der Waals surface area contributed by atoms with Gasteiger partial charge in [0, 0.05) is 11.6 Å². The van der Waals surface area contributed by atoms with Gasteiger partial charge in [0.2, 0.25) is 0 Å². The standard InChI is InChI=1S/C19H20ClN3O3S/c1-12(2)10-14(13-6-4-3-5-7-13)21-15(24)11-26-18(25)16-17(20)22-19-23(16)8-9-27-19/h3-9,12,14H,10-11H2,1-2H3,(H,21,24)/t14-/m0/s1. The van der Waals surface area contributed by atoms with Crippen molar-refractivity contribution < 1.29 is 14.3 Å². The molecule has 1 N–H and O–H groups in total. The first-order chi connectivity index (χ1) is 13.0. The minimum absolute atomic E-state index is 0.0641. The van der Waals surface area contributed by atoms with Crippen molar-refractivity contribution in [1.82, 2.24) is 14.7 Å². The largest absolute Gasteiger partial charge is 0.451 e. The third-order valence-corrected chi connectivity index (χ3v) is 5.01. The van der Waals surface area contributed by atoms with E-state index in [-0.39, 0.29) is 29.4 Å². The summed E-state index contributed by atoms with van der Waals surface area (Å²) >= 11 is 7.37. The second-order valence-corrected chi connectivity index (χ2v) is 7.77. The molecule has 27 heavy (non-hydrogen) atoms. The molecule has 0 aliphatic heterocycles. The number of carbonyl (C=O) groups excluding carboxylic acids is 2. The minimum atomic E-state index is -0.679. The number of benzene rings is 1. The Morgan fingerprint density at radius 3 is 2.74 bits per heavy atom. The van der Waals surface area contributed by atoms with Crippen LogP contribution < -0.4 is 5.32 Å². The van der Waals surface area contributed by atoms with Crippen molar-refractivity contribution in [3.8, 4) is 0 Å². The van der Waals surface area contributed by atoms with Gasteiger partial charge in [0.05, 0.1) is 6.04 Å². The summed E-state index contributed by atoms with van der Waals surface area (Å²) in [6.45, 7) is 3.81. The average Bonchev–Trinajstić information content (AvgIpc) is 3.19. The van der Waals surface area contributed by atoms with Gasteiger partial charge < -0.3 is 10.1 Å². The Morgan fingerprint density at radius 2 is 2.04 bits per heavy atom. The number of carbonyl (C=O) groups is 2. The maximum absolute atomic E-state index is 12.3. The summed E-state index contributed by atoms with van der Waals surface area (Å²) in [7, 11) is 0. The molecule has 8 heteroatoms. The molecule has 0 spiro atoms. The number of imidazole rings is 1. The van der Waals surface area contributed by atoms with Crippen molar-refractivity contribution in [3.05, 3.63) is 58.3 Å². The SMILES string of the molecule is CC(C)C[C@H](NC(=O)COC(=O)c1c(Cl)nc2sccn12)c1ccccc1. The van der Waals surface area contributed by atoms with Crippen LogP contribution in [-0.2, 0) is 9.53 Å². The molecule has 2 heterocycles. The number of rotatable bonds is 7. The van der Waals surface area contributed by atoms with Crippen LogP contribution in [0.5, 0.6) is 0 Å². The van der Waals surface area contributed by atoms with E-state index in [0.717, 1.165) is 12.0 Å². The number of fused-ring (bicyclic) bond motifs is 1. The molecule has 1 aromatic carbocycles. The zero-order valence-corrected chi connectivity index (χ0v) is 16.6. The van der Waals surface area contributed by atoms with Gasteiger partial charge in [-0.25, -0.2) is 9.78 Å². The van der Waals surface area contributed by atoms with Crippen LogP contribution in [0.15, 0.2) is 41.9 Å². The number of nitrogens with zero attached hydrogens (tertiary/aromatic N) is 2. The molecule has 0 aliphatic rings. The molecule has 1 atom stereocenters. The van der Waals surface area contributed by atoms with Crippen LogP contribution in [0.25, 0.3) is 4.96 Å². The molecule has 0 saturated heterocycles. The lowest BCUT2D eigenvalue weighted by atomic mass is 9.97. The Bertz CT molecular complexity index is 936. The number of halogens is 1. The molecule has 3 rings (SSSR count). The van der Waals surface area contributed by atoms with E-state index < -0.39 is 5.97 Å². The number of aromatic nitrogens is 2. The van der Waals surface area contributed by atoms with Crippen molar-refractivity contribution in [2.75, 3.05) is 6.61 Å². The number of thiazole rings is 1. The highest BCUT2D eigenvalue weighted by atomic mass is 35.5. The number of hydrogen-bond acceptors (Lipinski definition) is 5. The quantitative estimate of drug-likeness (QED) is 0.600. The van der Waals surface area contributed by atoms with Crippen molar-refractivity contribution in [3.63, 3.8) is 0 Å². The third kappa shape index (κ3) is 4.67. The Kier molecular flexibility index (Phi) is 6.13. The molecule has 3 aromatic rings. The van der Waals surface area contributed by atoms with Crippen LogP contribution in [0.1, 0.15) is 42.4 Å². The molecule has 6 nitrogen and oxygen atoms in total. The summed E-state index contributed by atoms with van der Waals surface area (Å²) in [5, 5.41) is 4.80. The van der Waals surface area contributed by atoms with Crippen LogP contribution in [0, 0.1) is 5.92 Å². The Labute approximate surface area is 166 Å². The number of ether oxygens (including phenoxy) is 1. The summed E-state index contributed by atoms with van der Waals surface area (Å²) in [4.78, 5) is 29.4. The summed E-state index contributed by atoms with van der Waals surface area (Å²) in [5.41, 5.74) is 1.15. The lowest BCUT2D eigenvalue weighted by molar-refractivity contribution is -0.125. The van der Waals surface area contributed by atoms with Crippen molar-refractivity contribution in [1.29, 1.82) is 0 Å². The van der Waals surface area contributed by atoms with Crippen molar-refractivity contribution in [2.45, 2.75) is 26.3 Å². The fraction of sp³-hybridized carbons (Fsp3) is 0.316. The van der Waals surface area contributed by atoms with Crippen LogP contribution >= 0.6 is 22.9 Å². The highest BCUT2D eigenvalue weighted by Crippen LogP contribution is 2.23. The van der Waals surface area contributed by atoms with Crippen molar-refractivity contribution >= 4 is 39.8 Å².